The molecule has 0 radical (unpaired) electrons. The van der Waals surface area contributed by atoms with E-state index >= 15 is 0 Å². The standard InChI is InChI=1S/C28H40N8O2S/c1-19-15-35(16-20(2)38-19)17-21-13-24(30-22-9-12-36(18-22)26(37)8-6-11-34(3)4)32-25(14-21)33-28-31-23-7-5-10-29-27(23)39-28/h5-8,13-14,19-20,22,29H,9-12,15-18H2,1-4H3,(H2,30,31,32,33). The lowest BCUT2D eigenvalue weighted by atomic mass is 10.1. The first-order chi connectivity index (χ1) is 18.8. The number of carbonyl (C=O) groups is 1. The number of hydrogen-bond acceptors (Lipinski definition) is 10. The fourth-order valence-electron chi connectivity index (χ4n) is 5.30. The Morgan fingerprint density at radius 3 is 2.77 bits per heavy atom. The van der Waals surface area contributed by atoms with Crippen molar-refractivity contribution in [1.29, 1.82) is 0 Å². The molecule has 2 aromatic heterocycles. The van der Waals surface area contributed by atoms with Crippen LogP contribution in [-0.2, 0) is 16.1 Å². The second-order valence-corrected chi connectivity index (χ2v) is 11.9. The summed E-state index contributed by atoms with van der Waals surface area (Å²) < 4.78 is 5.94. The number of pyridine rings is 1. The molecule has 2 aromatic rings. The van der Waals surface area contributed by atoms with Crippen molar-refractivity contribution in [1.82, 2.24) is 24.7 Å². The lowest BCUT2D eigenvalue weighted by Crippen LogP contribution is -2.44. The third kappa shape index (κ3) is 7.57. The van der Waals surface area contributed by atoms with Crippen molar-refractivity contribution in [2.24, 2.45) is 0 Å². The first kappa shape index (κ1) is 27.6. The topological polar surface area (TPSA) is 97.9 Å². The highest BCUT2D eigenvalue weighted by molar-refractivity contribution is 7.19. The van der Waals surface area contributed by atoms with E-state index in [1.807, 2.05) is 36.0 Å². The predicted molar refractivity (Wildman–Crippen MR) is 159 cm³/mol. The van der Waals surface area contributed by atoms with E-state index in [0.29, 0.717) is 6.54 Å². The number of fused-ring (bicyclic) bond motifs is 1. The second kappa shape index (κ2) is 12.5. The van der Waals surface area contributed by atoms with Crippen molar-refractivity contribution < 1.29 is 9.53 Å². The maximum absolute atomic E-state index is 12.6. The first-order valence-electron chi connectivity index (χ1n) is 13.7. The van der Waals surface area contributed by atoms with Crippen LogP contribution in [0.15, 0.2) is 30.4 Å². The molecule has 0 bridgehead atoms. The highest BCUT2D eigenvalue weighted by atomic mass is 32.1. The molecule has 210 valence electrons. The number of carbonyl (C=O) groups excluding carboxylic acids is 1. The van der Waals surface area contributed by atoms with E-state index in [-0.39, 0.29) is 24.2 Å². The Hall–Kier alpha value is -2.99. The van der Waals surface area contributed by atoms with E-state index in [4.69, 9.17) is 14.7 Å². The van der Waals surface area contributed by atoms with Crippen LogP contribution < -0.4 is 16.0 Å². The molecule has 0 aliphatic carbocycles. The van der Waals surface area contributed by atoms with E-state index in [9.17, 15) is 4.79 Å². The van der Waals surface area contributed by atoms with Gasteiger partial charge in [-0.05, 0) is 58.1 Å². The SMILES string of the molecule is CC1CN(Cc2cc(Nc3nc4c(s3)NCC=C4)nc(NC3CCN(C(=O)C=CCN(C)C)C3)c2)CC(C)O1. The number of ether oxygens (including phenoxy) is 1. The second-order valence-electron chi connectivity index (χ2n) is 10.9. The number of nitrogens with one attached hydrogen (secondary N) is 3. The van der Waals surface area contributed by atoms with E-state index in [2.05, 4.69) is 52.9 Å². The largest absolute Gasteiger partial charge is 0.373 e. The Kier molecular flexibility index (Phi) is 8.81. The van der Waals surface area contributed by atoms with Crippen molar-refractivity contribution in [3.05, 3.63) is 41.6 Å². The van der Waals surface area contributed by atoms with Crippen LogP contribution in [0, 0.1) is 0 Å². The van der Waals surface area contributed by atoms with Gasteiger partial charge in [0, 0.05) is 57.9 Å². The van der Waals surface area contributed by atoms with Gasteiger partial charge in [0.05, 0.1) is 17.9 Å². The fourth-order valence-corrected chi connectivity index (χ4v) is 6.17. The molecule has 3 aliphatic heterocycles. The molecular weight excluding hydrogens is 512 g/mol. The molecule has 10 nitrogen and oxygen atoms in total. The molecule has 39 heavy (non-hydrogen) atoms. The summed E-state index contributed by atoms with van der Waals surface area (Å²) in [5.41, 5.74) is 2.13. The minimum atomic E-state index is 0.0659. The molecule has 11 heteroatoms. The predicted octanol–water partition coefficient (Wildman–Crippen LogP) is 3.46. The van der Waals surface area contributed by atoms with E-state index in [0.717, 1.165) is 73.2 Å². The van der Waals surface area contributed by atoms with Gasteiger partial charge in [0.15, 0.2) is 5.13 Å². The number of rotatable bonds is 9. The number of nitrogens with zero attached hydrogens (tertiary/aromatic N) is 5. The van der Waals surface area contributed by atoms with Crippen molar-refractivity contribution in [3.63, 3.8) is 0 Å². The molecule has 2 saturated heterocycles. The van der Waals surface area contributed by atoms with Gasteiger partial charge in [-0.1, -0.05) is 23.5 Å². The number of likely N-dealkylation sites (N-methyl/N-ethyl adjacent to an activating group) is 1. The third-order valence-corrected chi connectivity index (χ3v) is 7.86. The van der Waals surface area contributed by atoms with Gasteiger partial charge in [0.25, 0.3) is 0 Å². The number of aromatic nitrogens is 2. The number of morpholine rings is 1. The molecule has 3 aliphatic rings. The van der Waals surface area contributed by atoms with Crippen molar-refractivity contribution in [2.75, 3.05) is 69.3 Å². The molecular formula is C28H40N8O2S. The van der Waals surface area contributed by atoms with Crippen LogP contribution in [0.4, 0.5) is 21.8 Å². The van der Waals surface area contributed by atoms with Gasteiger partial charge >= 0.3 is 0 Å². The third-order valence-electron chi connectivity index (χ3n) is 6.91. The van der Waals surface area contributed by atoms with E-state index in [1.165, 1.54) is 5.56 Å². The summed E-state index contributed by atoms with van der Waals surface area (Å²) in [6.45, 7) is 9.84. The van der Waals surface area contributed by atoms with Crippen LogP contribution >= 0.6 is 11.3 Å². The Morgan fingerprint density at radius 1 is 1.21 bits per heavy atom. The maximum Gasteiger partial charge on any atom is 0.246 e. The van der Waals surface area contributed by atoms with Crippen LogP contribution in [0.2, 0.25) is 0 Å². The Balaban J connectivity index is 1.30. The lowest BCUT2D eigenvalue weighted by molar-refractivity contribution is -0.125. The molecule has 0 spiro atoms. The number of amides is 1. The Labute approximate surface area is 235 Å². The zero-order valence-corrected chi connectivity index (χ0v) is 24.1. The normalized spacial score (nSPS) is 23.3. The van der Waals surface area contributed by atoms with Crippen LogP contribution in [0.1, 0.15) is 31.5 Å². The average molecular weight is 553 g/mol. The summed E-state index contributed by atoms with van der Waals surface area (Å²) in [4.78, 5) is 28.6. The Bertz CT molecular complexity index is 1200. The zero-order chi connectivity index (χ0) is 27.4. The van der Waals surface area contributed by atoms with Gasteiger partial charge in [-0.15, -0.1) is 0 Å². The monoisotopic (exact) mass is 552 g/mol. The molecule has 2 fully saturated rings. The molecule has 5 rings (SSSR count). The van der Waals surface area contributed by atoms with E-state index < -0.39 is 0 Å². The summed E-state index contributed by atoms with van der Waals surface area (Å²) >= 11 is 1.60. The highest BCUT2D eigenvalue weighted by Crippen LogP contribution is 2.33. The summed E-state index contributed by atoms with van der Waals surface area (Å²) in [7, 11) is 3.98. The minimum absolute atomic E-state index is 0.0659. The Morgan fingerprint density at radius 2 is 2.00 bits per heavy atom. The number of anilines is 4. The van der Waals surface area contributed by atoms with Gasteiger partial charge in [-0.2, -0.15) is 0 Å². The molecule has 3 atom stereocenters. The zero-order valence-electron chi connectivity index (χ0n) is 23.3. The van der Waals surface area contributed by atoms with Gasteiger partial charge in [0.2, 0.25) is 5.91 Å². The van der Waals surface area contributed by atoms with E-state index in [1.54, 1.807) is 17.4 Å². The first-order valence-corrected chi connectivity index (χ1v) is 14.6. The maximum atomic E-state index is 12.6. The fraction of sp³-hybridized carbons (Fsp3) is 0.536. The van der Waals surface area contributed by atoms with Crippen LogP contribution in [0.25, 0.3) is 6.08 Å². The molecule has 0 saturated carbocycles. The molecule has 3 unspecified atom stereocenters. The molecule has 3 N–H and O–H groups in total. The summed E-state index contributed by atoms with van der Waals surface area (Å²) in [6.07, 6.45) is 9.03. The number of hydrogen-bond donors (Lipinski definition) is 3. The average Bonchev–Trinajstić information content (AvgIpc) is 3.49. The van der Waals surface area contributed by atoms with Crippen LogP contribution in [0.5, 0.6) is 0 Å². The quantitative estimate of drug-likeness (QED) is 0.404. The smallest absolute Gasteiger partial charge is 0.246 e. The van der Waals surface area contributed by atoms with Gasteiger partial charge < -0.3 is 30.5 Å². The van der Waals surface area contributed by atoms with Crippen molar-refractivity contribution >= 4 is 45.1 Å². The lowest BCUT2D eigenvalue weighted by Gasteiger charge is -2.35. The molecule has 5 heterocycles. The summed E-state index contributed by atoms with van der Waals surface area (Å²) in [5.74, 6) is 1.64. The van der Waals surface area contributed by atoms with Crippen molar-refractivity contribution in [2.45, 2.75) is 45.1 Å². The summed E-state index contributed by atoms with van der Waals surface area (Å²) in [5, 5.41) is 12.3. The van der Waals surface area contributed by atoms with Gasteiger partial charge in [0.1, 0.15) is 16.6 Å². The number of thiazole rings is 1. The van der Waals surface area contributed by atoms with Crippen molar-refractivity contribution in [3.8, 4) is 0 Å². The molecule has 0 aromatic carbocycles. The number of likely N-dealkylation sites (tertiary alicyclic amines) is 1. The minimum Gasteiger partial charge on any atom is -0.373 e. The van der Waals surface area contributed by atoms with Crippen LogP contribution in [0.3, 0.4) is 0 Å². The highest BCUT2D eigenvalue weighted by Gasteiger charge is 2.26. The van der Waals surface area contributed by atoms with Gasteiger partial charge in [-0.25, -0.2) is 9.97 Å². The summed E-state index contributed by atoms with van der Waals surface area (Å²) in [6, 6.07) is 4.39. The molecule has 1 amide bonds. The van der Waals surface area contributed by atoms with Crippen LogP contribution in [-0.4, -0.2) is 102 Å². The van der Waals surface area contributed by atoms with Gasteiger partial charge in [-0.3, -0.25) is 9.69 Å².